The number of rotatable bonds is 7. The summed E-state index contributed by atoms with van der Waals surface area (Å²) < 4.78 is 5.29. The first kappa shape index (κ1) is 12.4. The molecule has 76 valence electrons. The van der Waals surface area contributed by atoms with Gasteiger partial charge in [-0.25, -0.2) is 0 Å². The summed E-state index contributed by atoms with van der Waals surface area (Å²) in [5.41, 5.74) is 2.77. The second-order valence-corrected chi connectivity index (χ2v) is 3.05. The zero-order valence-electron chi connectivity index (χ0n) is 8.55. The molecule has 0 aliphatic heterocycles. The second kappa shape index (κ2) is 8.06. The lowest BCUT2D eigenvalue weighted by molar-refractivity contribution is 0.0620. The SMILES string of the molecule is C#CCCCC(NN)C(CC)OC. The highest BCUT2D eigenvalue weighted by molar-refractivity contribution is 4.84. The van der Waals surface area contributed by atoms with Crippen molar-refractivity contribution >= 4 is 0 Å². The van der Waals surface area contributed by atoms with E-state index in [1.165, 1.54) is 0 Å². The zero-order chi connectivity index (χ0) is 10.1. The summed E-state index contributed by atoms with van der Waals surface area (Å²) >= 11 is 0. The van der Waals surface area contributed by atoms with E-state index < -0.39 is 0 Å². The molecule has 3 N–H and O–H groups in total. The molecule has 3 nitrogen and oxygen atoms in total. The molecule has 0 aliphatic carbocycles. The van der Waals surface area contributed by atoms with Crippen molar-refractivity contribution in [2.24, 2.45) is 5.84 Å². The van der Waals surface area contributed by atoms with E-state index >= 15 is 0 Å². The van der Waals surface area contributed by atoms with E-state index in [0.717, 1.165) is 25.7 Å². The lowest BCUT2D eigenvalue weighted by Gasteiger charge is -2.23. The largest absolute Gasteiger partial charge is 0.380 e. The van der Waals surface area contributed by atoms with Crippen molar-refractivity contribution in [2.45, 2.75) is 44.8 Å². The summed E-state index contributed by atoms with van der Waals surface area (Å²) in [5.74, 6) is 8.04. The lowest BCUT2D eigenvalue weighted by atomic mass is 10.0. The minimum absolute atomic E-state index is 0.183. The van der Waals surface area contributed by atoms with Gasteiger partial charge in [0, 0.05) is 19.6 Å². The highest BCUT2D eigenvalue weighted by Crippen LogP contribution is 2.09. The van der Waals surface area contributed by atoms with Crippen LogP contribution in [0.15, 0.2) is 0 Å². The maximum Gasteiger partial charge on any atom is 0.0735 e. The normalized spacial score (nSPS) is 14.9. The molecule has 0 spiro atoms. The minimum atomic E-state index is 0.183. The van der Waals surface area contributed by atoms with Gasteiger partial charge in [-0.1, -0.05) is 6.92 Å². The Kier molecular flexibility index (Phi) is 7.71. The van der Waals surface area contributed by atoms with Crippen molar-refractivity contribution in [3.05, 3.63) is 0 Å². The van der Waals surface area contributed by atoms with E-state index in [4.69, 9.17) is 17.0 Å². The third-order valence-corrected chi connectivity index (χ3v) is 2.20. The smallest absolute Gasteiger partial charge is 0.0735 e. The van der Waals surface area contributed by atoms with Crippen LogP contribution in [0, 0.1) is 12.3 Å². The predicted molar refractivity (Wildman–Crippen MR) is 54.9 cm³/mol. The molecule has 0 amide bonds. The monoisotopic (exact) mass is 184 g/mol. The summed E-state index contributed by atoms with van der Waals surface area (Å²) in [6, 6.07) is 0.211. The Hall–Kier alpha value is -0.560. The van der Waals surface area contributed by atoms with Crippen LogP contribution in [-0.4, -0.2) is 19.3 Å². The van der Waals surface area contributed by atoms with Crippen molar-refractivity contribution in [3.63, 3.8) is 0 Å². The Morgan fingerprint density at radius 3 is 2.69 bits per heavy atom. The average molecular weight is 184 g/mol. The maximum absolute atomic E-state index is 5.43. The number of unbranched alkanes of at least 4 members (excludes halogenated alkanes) is 1. The summed E-state index contributed by atoms with van der Waals surface area (Å²) in [4.78, 5) is 0. The van der Waals surface area contributed by atoms with E-state index in [-0.39, 0.29) is 12.1 Å². The Morgan fingerprint density at radius 2 is 2.31 bits per heavy atom. The van der Waals surface area contributed by atoms with Gasteiger partial charge >= 0.3 is 0 Å². The number of methoxy groups -OCH3 is 1. The van der Waals surface area contributed by atoms with Crippen LogP contribution in [0.25, 0.3) is 0 Å². The van der Waals surface area contributed by atoms with Crippen LogP contribution in [0.1, 0.15) is 32.6 Å². The number of nitrogens with two attached hydrogens (primary N) is 1. The molecule has 2 atom stereocenters. The highest BCUT2D eigenvalue weighted by Gasteiger charge is 2.16. The van der Waals surface area contributed by atoms with Gasteiger partial charge in [0.15, 0.2) is 0 Å². The average Bonchev–Trinajstić information content (AvgIpc) is 2.17. The van der Waals surface area contributed by atoms with Crippen molar-refractivity contribution in [1.29, 1.82) is 0 Å². The van der Waals surface area contributed by atoms with Gasteiger partial charge in [0.25, 0.3) is 0 Å². The van der Waals surface area contributed by atoms with Crippen LogP contribution in [0.2, 0.25) is 0 Å². The fourth-order valence-corrected chi connectivity index (χ4v) is 1.42. The molecule has 0 radical (unpaired) electrons. The molecule has 0 aromatic carbocycles. The third-order valence-electron chi connectivity index (χ3n) is 2.20. The molecule has 0 aliphatic rings. The van der Waals surface area contributed by atoms with Crippen LogP contribution in [-0.2, 0) is 4.74 Å². The summed E-state index contributed by atoms with van der Waals surface area (Å²) in [5, 5.41) is 0. The Morgan fingerprint density at radius 1 is 1.62 bits per heavy atom. The highest BCUT2D eigenvalue weighted by atomic mass is 16.5. The van der Waals surface area contributed by atoms with E-state index in [9.17, 15) is 0 Å². The molecular formula is C10H20N2O. The number of hydrazine groups is 1. The van der Waals surface area contributed by atoms with Gasteiger partial charge < -0.3 is 4.74 Å². The van der Waals surface area contributed by atoms with Gasteiger partial charge in [-0.3, -0.25) is 11.3 Å². The van der Waals surface area contributed by atoms with Crippen molar-refractivity contribution in [3.8, 4) is 12.3 Å². The lowest BCUT2D eigenvalue weighted by Crippen LogP contribution is -2.44. The molecule has 3 heteroatoms. The molecule has 0 heterocycles. The van der Waals surface area contributed by atoms with Gasteiger partial charge in [0.1, 0.15) is 0 Å². The van der Waals surface area contributed by atoms with E-state index in [1.54, 1.807) is 7.11 Å². The quantitative estimate of drug-likeness (QED) is 0.269. The van der Waals surface area contributed by atoms with Gasteiger partial charge in [-0.2, -0.15) is 0 Å². The standard InChI is InChI=1S/C10H20N2O/c1-4-6-7-8-9(12-11)10(5-2)13-3/h1,9-10,12H,5-8,11H2,2-3H3. The van der Waals surface area contributed by atoms with Crippen LogP contribution in [0.4, 0.5) is 0 Å². The summed E-state index contributed by atoms with van der Waals surface area (Å²) in [6.07, 6.45) is 9.07. The predicted octanol–water partition coefficient (Wildman–Crippen LogP) is 1.05. The number of nitrogens with one attached hydrogen (secondary N) is 1. The number of ether oxygens (including phenoxy) is 1. The number of hydrogen-bond acceptors (Lipinski definition) is 3. The van der Waals surface area contributed by atoms with E-state index in [0.29, 0.717) is 0 Å². The van der Waals surface area contributed by atoms with Crippen LogP contribution in [0.3, 0.4) is 0 Å². The molecule has 0 bridgehead atoms. The molecule has 0 saturated heterocycles. The first-order valence-electron chi connectivity index (χ1n) is 4.72. The molecule has 0 rings (SSSR count). The Balaban J connectivity index is 3.79. The van der Waals surface area contributed by atoms with Crippen LogP contribution >= 0.6 is 0 Å². The summed E-state index contributed by atoms with van der Waals surface area (Å²) in [6.45, 7) is 2.08. The third kappa shape index (κ3) is 4.89. The van der Waals surface area contributed by atoms with Gasteiger partial charge in [-0.15, -0.1) is 12.3 Å². The molecule has 2 unspecified atom stereocenters. The Bertz CT molecular complexity index is 149. The van der Waals surface area contributed by atoms with E-state index in [1.807, 2.05) is 0 Å². The van der Waals surface area contributed by atoms with Crippen LogP contribution < -0.4 is 11.3 Å². The van der Waals surface area contributed by atoms with Gasteiger partial charge in [-0.05, 0) is 19.3 Å². The molecule has 0 fully saturated rings. The number of terminal acetylenes is 1. The first-order chi connectivity index (χ1) is 6.29. The fraction of sp³-hybridized carbons (Fsp3) is 0.800. The molecule has 13 heavy (non-hydrogen) atoms. The second-order valence-electron chi connectivity index (χ2n) is 3.05. The van der Waals surface area contributed by atoms with Crippen LogP contribution in [0.5, 0.6) is 0 Å². The van der Waals surface area contributed by atoms with Crippen molar-refractivity contribution < 1.29 is 4.74 Å². The van der Waals surface area contributed by atoms with E-state index in [2.05, 4.69) is 18.3 Å². The summed E-state index contributed by atoms with van der Waals surface area (Å²) in [7, 11) is 1.71. The Labute approximate surface area is 81.0 Å². The minimum Gasteiger partial charge on any atom is -0.380 e. The molecule has 0 saturated carbocycles. The zero-order valence-corrected chi connectivity index (χ0v) is 8.55. The number of hydrogen-bond donors (Lipinski definition) is 2. The van der Waals surface area contributed by atoms with Crippen molar-refractivity contribution in [1.82, 2.24) is 5.43 Å². The molecular weight excluding hydrogens is 164 g/mol. The molecule has 0 aromatic rings. The molecule has 0 aromatic heterocycles. The topological polar surface area (TPSA) is 47.3 Å². The van der Waals surface area contributed by atoms with Gasteiger partial charge in [0.2, 0.25) is 0 Å². The van der Waals surface area contributed by atoms with Crippen molar-refractivity contribution in [2.75, 3.05) is 7.11 Å². The maximum atomic E-state index is 5.43. The fourth-order valence-electron chi connectivity index (χ4n) is 1.42. The van der Waals surface area contributed by atoms with Gasteiger partial charge in [0.05, 0.1) is 6.10 Å². The first-order valence-corrected chi connectivity index (χ1v) is 4.72.